The van der Waals surface area contributed by atoms with E-state index in [1.165, 1.54) is 6.92 Å². The highest BCUT2D eigenvalue weighted by Crippen LogP contribution is 2.29. The van der Waals surface area contributed by atoms with Gasteiger partial charge < -0.3 is 49.6 Å². The zero-order valence-electron chi connectivity index (χ0n) is 14.9. The maximum atomic E-state index is 10.4. The van der Waals surface area contributed by atoms with Gasteiger partial charge in [-0.15, -0.1) is 0 Å². The second kappa shape index (κ2) is 9.69. The van der Waals surface area contributed by atoms with E-state index in [2.05, 4.69) is 0 Å². The number of unbranched alkanes of at least 4 members (excludes halogenated alkanes) is 1. The van der Waals surface area contributed by atoms with Crippen LogP contribution >= 0.6 is 0 Å². The number of aliphatic hydroxyl groups excluding tert-OH is 6. The van der Waals surface area contributed by atoms with Crippen LogP contribution in [0.4, 0.5) is 0 Å². The Labute approximate surface area is 151 Å². The molecule has 10 nitrogen and oxygen atoms in total. The Kier molecular flexibility index (Phi) is 8.16. The Morgan fingerprint density at radius 1 is 0.846 bits per heavy atom. The summed E-state index contributed by atoms with van der Waals surface area (Å²) in [6.07, 6.45) is -11.3. The summed E-state index contributed by atoms with van der Waals surface area (Å²) in [6.45, 7) is 3.24. The molecule has 2 aliphatic heterocycles. The SMILES string of the molecule is CCCCO[C@@H]1O[C@H](CO)[C@@H](O)[C@H](O)[C@H]1O[C@@H]1O[C@@H](C)[C@H](O)[C@@H](O)[C@H]1O. The highest BCUT2D eigenvalue weighted by Gasteiger charge is 2.50. The van der Waals surface area contributed by atoms with Crippen molar-refractivity contribution in [1.29, 1.82) is 0 Å². The molecular weight excluding hydrogens is 352 g/mol. The Bertz CT molecular complexity index is 424. The maximum Gasteiger partial charge on any atom is 0.187 e. The Morgan fingerprint density at radius 3 is 2.15 bits per heavy atom. The molecule has 26 heavy (non-hydrogen) atoms. The van der Waals surface area contributed by atoms with Gasteiger partial charge in [0.2, 0.25) is 0 Å². The molecule has 0 saturated carbocycles. The topological polar surface area (TPSA) is 158 Å². The van der Waals surface area contributed by atoms with Crippen LogP contribution in [-0.4, -0.2) is 105 Å². The minimum Gasteiger partial charge on any atom is -0.394 e. The standard InChI is InChI=1S/C16H30O10/c1-3-4-5-23-16-14(12(21)10(19)8(6-17)25-16)26-15-13(22)11(20)9(18)7(2)24-15/h7-22H,3-6H2,1-2H3/t7-,8+,9-,10+,11+,12-,13+,14+,15-,16+/m0/s1. The van der Waals surface area contributed by atoms with E-state index in [1.807, 2.05) is 6.92 Å². The fourth-order valence-electron chi connectivity index (χ4n) is 2.96. The minimum atomic E-state index is -1.57. The van der Waals surface area contributed by atoms with Crippen LogP contribution in [0.5, 0.6) is 0 Å². The predicted molar refractivity (Wildman–Crippen MR) is 85.8 cm³/mol. The molecule has 10 heteroatoms. The van der Waals surface area contributed by atoms with Gasteiger partial charge in [0, 0.05) is 6.61 Å². The van der Waals surface area contributed by atoms with Crippen molar-refractivity contribution in [2.24, 2.45) is 0 Å². The van der Waals surface area contributed by atoms with Crippen molar-refractivity contribution >= 4 is 0 Å². The summed E-state index contributed by atoms with van der Waals surface area (Å²) in [5.74, 6) is 0. The second-order valence-corrected chi connectivity index (χ2v) is 6.71. The summed E-state index contributed by atoms with van der Waals surface area (Å²) in [6, 6.07) is 0. The molecule has 10 atom stereocenters. The van der Waals surface area contributed by atoms with Gasteiger partial charge in [-0.2, -0.15) is 0 Å². The molecule has 0 bridgehead atoms. The summed E-state index contributed by atoms with van der Waals surface area (Å²) in [4.78, 5) is 0. The van der Waals surface area contributed by atoms with E-state index in [4.69, 9.17) is 18.9 Å². The van der Waals surface area contributed by atoms with Crippen LogP contribution < -0.4 is 0 Å². The average molecular weight is 382 g/mol. The molecule has 2 saturated heterocycles. The molecule has 6 N–H and O–H groups in total. The van der Waals surface area contributed by atoms with Gasteiger partial charge in [0.25, 0.3) is 0 Å². The van der Waals surface area contributed by atoms with Crippen LogP contribution in [0, 0.1) is 0 Å². The first-order valence-electron chi connectivity index (χ1n) is 8.91. The molecule has 2 aliphatic rings. The minimum absolute atomic E-state index is 0.299. The zero-order chi connectivity index (χ0) is 19.4. The quantitative estimate of drug-likeness (QED) is 0.259. The van der Waals surface area contributed by atoms with Gasteiger partial charge in [-0.05, 0) is 13.3 Å². The van der Waals surface area contributed by atoms with Gasteiger partial charge >= 0.3 is 0 Å². The lowest BCUT2D eigenvalue weighted by atomic mass is 9.97. The van der Waals surface area contributed by atoms with Crippen molar-refractivity contribution in [1.82, 2.24) is 0 Å². The van der Waals surface area contributed by atoms with Gasteiger partial charge in [0.05, 0.1) is 12.7 Å². The van der Waals surface area contributed by atoms with Crippen LogP contribution in [0.3, 0.4) is 0 Å². The zero-order valence-corrected chi connectivity index (χ0v) is 14.9. The van der Waals surface area contributed by atoms with Crippen molar-refractivity contribution < 1.29 is 49.6 Å². The number of hydrogen-bond donors (Lipinski definition) is 6. The highest BCUT2D eigenvalue weighted by atomic mass is 16.8. The van der Waals surface area contributed by atoms with Crippen molar-refractivity contribution in [2.45, 2.75) is 88.1 Å². The number of hydrogen-bond acceptors (Lipinski definition) is 10. The number of ether oxygens (including phenoxy) is 4. The third kappa shape index (κ3) is 4.71. The number of rotatable bonds is 7. The molecule has 0 radical (unpaired) electrons. The van der Waals surface area contributed by atoms with Crippen LogP contribution in [0.2, 0.25) is 0 Å². The Morgan fingerprint density at radius 2 is 1.54 bits per heavy atom. The molecule has 2 rings (SSSR count). The second-order valence-electron chi connectivity index (χ2n) is 6.71. The summed E-state index contributed by atoms with van der Waals surface area (Å²) in [7, 11) is 0. The summed E-state index contributed by atoms with van der Waals surface area (Å²) < 4.78 is 22.0. The molecule has 0 aromatic heterocycles. The summed E-state index contributed by atoms with van der Waals surface area (Å²) in [5.41, 5.74) is 0. The molecule has 154 valence electrons. The van der Waals surface area contributed by atoms with Crippen molar-refractivity contribution in [3.05, 3.63) is 0 Å². The molecule has 2 fully saturated rings. The molecular formula is C16H30O10. The van der Waals surface area contributed by atoms with E-state index in [0.717, 1.165) is 12.8 Å². The van der Waals surface area contributed by atoms with Gasteiger partial charge in [-0.3, -0.25) is 0 Å². The van der Waals surface area contributed by atoms with Crippen LogP contribution in [-0.2, 0) is 18.9 Å². The number of aliphatic hydroxyl groups is 6. The molecule has 0 aromatic carbocycles. The van der Waals surface area contributed by atoms with Gasteiger partial charge in [0.1, 0.15) is 42.7 Å². The van der Waals surface area contributed by atoms with Crippen LogP contribution in [0.1, 0.15) is 26.7 Å². The fraction of sp³-hybridized carbons (Fsp3) is 1.00. The highest BCUT2D eigenvalue weighted by molar-refractivity contribution is 4.93. The molecule has 0 aromatic rings. The Balaban J connectivity index is 2.11. The maximum absolute atomic E-state index is 10.4. The average Bonchev–Trinajstić information content (AvgIpc) is 2.63. The Hall–Kier alpha value is -0.400. The monoisotopic (exact) mass is 382 g/mol. The lowest BCUT2D eigenvalue weighted by molar-refractivity contribution is -0.364. The molecule has 0 amide bonds. The van der Waals surface area contributed by atoms with Crippen molar-refractivity contribution in [3.63, 3.8) is 0 Å². The normalized spacial score (nSPS) is 47.1. The predicted octanol–water partition coefficient (Wildman–Crippen LogP) is -2.55. The lowest BCUT2D eigenvalue weighted by Crippen LogP contribution is -2.64. The first-order chi connectivity index (χ1) is 12.3. The van der Waals surface area contributed by atoms with Gasteiger partial charge in [-0.25, -0.2) is 0 Å². The first kappa shape index (κ1) is 21.9. The first-order valence-corrected chi connectivity index (χ1v) is 8.91. The van der Waals surface area contributed by atoms with E-state index in [1.54, 1.807) is 0 Å². The summed E-state index contributed by atoms with van der Waals surface area (Å²) in [5, 5.41) is 59.5. The largest absolute Gasteiger partial charge is 0.394 e. The van der Waals surface area contributed by atoms with Crippen molar-refractivity contribution in [2.75, 3.05) is 13.2 Å². The van der Waals surface area contributed by atoms with E-state index < -0.39 is 68.0 Å². The molecule has 0 unspecified atom stereocenters. The van der Waals surface area contributed by atoms with Crippen LogP contribution in [0.15, 0.2) is 0 Å². The molecule has 0 spiro atoms. The van der Waals surface area contributed by atoms with Crippen LogP contribution in [0.25, 0.3) is 0 Å². The van der Waals surface area contributed by atoms with E-state index in [0.29, 0.717) is 6.61 Å². The summed E-state index contributed by atoms with van der Waals surface area (Å²) >= 11 is 0. The van der Waals surface area contributed by atoms with Crippen molar-refractivity contribution in [3.8, 4) is 0 Å². The molecule has 2 heterocycles. The van der Waals surface area contributed by atoms with E-state index in [9.17, 15) is 30.6 Å². The fourth-order valence-corrected chi connectivity index (χ4v) is 2.96. The van der Waals surface area contributed by atoms with E-state index >= 15 is 0 Å². The molecule has 0 aliphatic carbocycles. The van der Waals surface area contributed by atoms with E-state index in [-0.39, 0.29) is 0 Å². The van der Waals surface area contributed by atoms with Gasteiger partial charge in [0.15, 0.2) is 12.6 Å². The third-order valence-electron chi connectivity index (χ3n) is 4.70. The van der Waals surface area contributed by atoms with Gasteiger partial charge in [-0.1, -0.05) is 13.3 Å². The lowest BCUT2D eigenvalue weighted by Gasteiger charge is -2.45. The smallest absolute Gasteiger partial charge is 0.187 e. The third-order valence-corrected chi connectivity index (χ3v) is 4.70.